The van der Waals surface area contributed by atoms with E-state index in [1.807, 2.05) is 42.3 Å². The lowest BCUT2D eigenvalue weighted by Gasteiger charge is -2.22. The van der Waals surface area contributed by atoms with Crippen molar-refractivity contribution in [3.63, 3.8) is 0 Å². The Morgan fingerprint density at radius 3 is 2.56 bits per heavy atom. The normalized spacial score (nSPS) is 10.9. The van der Waals surface area contributed by atoms with Crippen molar-refractivity contribution in [2.24, 2.45) is 4.99 Å². The van der Waals surface area contributed by atoms with Crippen LogP contribution in [0.15, 0.2) is 53.5 Å². The van der Waals surface area contributed by atoms with E-state index >= 15 is 0 Å². The third-order valence-corrected chi connectivity index (χ3v) is 3.79. The molecular formula is C20H27FIN3O2. The number of methoxy groups -OCH3 is 1. The smallest absolute Gasteiger partial charge is 0.193 e. The summed E-state index contributed by atoms with van der Waals surface area (Å²) in [6.45, 7) is 2.25. The molecule has 0 saturated carbocycles. The summed E-state index contributed by atoms with van der Waals surface area (Å²) in [7, 11) is 5.30. The highest BCUT2D eigenvalue weighted by atomic mass is 127. The van der Waals surface area contributed by atoms with Gasteiger partial charge in [0.2, 0.25) is 0 Å². The van der Waals surface area contributed by atoms with E-state index in [0.29, 0.717) is 26.3 Å². The van der Waals surface area contributed by atoms with Gasteiger partial charge < -0.3 is 19.7 Å². The molecule has 0 amide bonds. The molecule has 0 spiro atoms. The van der Waals surface area contributed by atoms with E-state index in [9.17, 15) is 4.39 Å². The van der Waals surface area contributed by atoms with Crippen LogP contribution in [0.5, 0.6) is 5.75 Å². The molecule has 0 aliphatic carbocycles. The van der Waals surface area contributed by atoms with Crippen molar-refractivity contribution in [2.45, 2.75) is 13.1 Å². The van der Waals surface area contributed by atoms with E-state index in [-0.39, 0.29) is 29.8 Å². The molecule has 2 aromatic rings. The summed E-state index contributed by atoms with van der Waals surface area (Å²) in [5.41, 5.74) is 1.98. The third kappa shape index (κ3) is 8.13. The van der Waals surface area contributed by atoms with E-state index in [1.165, 1.54) is 12.1 Å². The minimum absolute atomic E-state index is 0. The Kier molecular flexibility index (Phi) is 10.7. The number of aliphatic imine (C=N–C) groups is 1. The van der Waals surface area contributed by atoms with Crippen molar-refractivity contribution in [3.8, 4) is 5.75 Å². The van der Waals surface area contributed by atoms with Crippen LogP contribution in [-0.4, -0.2) is 45.3 Å². The number of rotatable bonds is 8. The van der Waals surface area contributed by atoms with Gasteiger partial charge >= 0.3 is 0 Å². The van der Waals surface area contributed by atoms with Gasteiger partial charge in [0.15, 0.2) is 5.96 Å². The quantitative estimate of drug-likeness (QED) is 0.267. The molecule has 7 heteroatoms. The average Bonchev–Trinajstić information content (AvgIpc) is 2.63. The molecule has 0 aliphatic heterocycles. The predicted octanol–water partition coefficient (Wildman–Crippen LogP) is 3.68. The number of ether oxygens (including phenoxy) is 2. The zero-order valence-electron chi connectivity index (χ0n) is 15.9. The van der Waals surface area contributed by atoms with Crippen LogP contribution in [-0.2, 0) is 17.8 Å². The van der Waals surface area contributed by atoms with Gasteiger partial charge in [0.1, 0.15) is 18.2 Å². The molecular weight excluding hydrogens is 460 g/mol. The van der Waals surface area contributed by atoms with Crippen LogP contribution in [0.3, 0.4) is 0 Å². The first-order chi connectivity index (χ1) is 12.6. The molecule has 2 aromatic carbocycles. The van der Waals surface area contributed by atoms with Crippen LogP contribution in [0.2, 0.25) is 0 Å². The first-order valence-corrected chi connectivity index (χ1v) is 8.49. The number of benzene rings is 2. The van der Waals surface area contributed by atoms with E-state index in [0.717, 1.165) is 22.8 Å². The summed E-state index contributed by atoms with van der Waals surface area (Å²) < 4.78 is 24.0. The Balaban J connectivity index is 0.00000364. The second kappa shape index (κ2) is 12.5. The molecule has 0 bridgehead atoms. The monoisotopic (exact) mass is 487 g/mol. The Hall–Kier alpha value is -1.87. The van der Waals surface area contributed by atoms with Gasteiger partial charge in [-0.1, -0.05) is 24.3 Å². The van der Waals surface area contributed by atoms with Gasteiger partial charge in [-0.15, -0.1) is 24.0 Å². The van der Waals surface area contributed by atoms with Crippen molar-refractivity contribution >= 4 is 29.9 Å². The highest BCUT2D eigenvalue weighted by Gasteiger charge is 2.07. The van der Waals surface area contributed by atoms with E-state index < -0.39 is 0 Å². The molecule has 0 atom stereocenters. The number of halogens is 2. The summed E-state index contributed by atoms with van der Waals surface area (Å²) in [6, 6.07) is 14.5. The molecule has 5 nitrogen and oxygen atoms in total. The molecule has 0 saturated heterocycles. The maximum Gasteiger partial charge on any atom is 0.193 e. The zero-order chi connectivity index (χ0) is 18.8. The average molecular weight is 487 g/mol. The molecule has 0 aromatic heterocycles. The van der Waals surface area contributed by atoms with E-state index in [2.05, 4.69) is 10.3 Å². The zero-order valence-corrected chi connectivity index (χ0v) is 18.3. The predicted molar refractivity (Wildman–Crippen MR) is 117 cm³/mol. The number of hydrogen-bond acceptors (Lipinski definition) is 3. The summed E-state index contributed by atoms with van der Waals surface area (Å²) in [5, 5.41) is 3.32. The lowest BCUT2D eigenvalue weighted by atomic mass is 10.2. The molecule has 0 heterocycles. The minimum atomic E-state index is -0.232. The fourth-order valence-electron chi connectivity index (χ4n) is 2.54. The fraction of sp³-hybridized carbons (Fsp3) is 0.350. The van der Waals surface area contributed by atoms with Crippen LogP contribution in [0.4, 0.5) is 4.39 Å². The van der Waals surface area contributed by atoms with Gasteiger partial charge in [0, 0.05) is 34.3 Å². The van der Waals surface area contributed by atoms with Crippen molar-refractivity contribution in [1.29, 1.82) is 0 Å². The Morgan fingerprint density at radius 1 is 1.11 bits per heavy atom. The Bertz CT molecular complexity index is 728. The summed E-state index contributed by atoms with van der Waals surface area (Å²) in [4.78, 5) is 6.25. The van der Waals surface area contributed by atoms with Crippen molar-refractivity contribution in [1.82, 2.24) is 10.2 Å². The molecule has 0 radical (unpaired) electrons. The lowest BCUT2D eigenvalue weighted by molar-refractivity contribution is 0.146. The number of nitrogens with one attached hydrogen (secondary N) is 1. The molecule has 2 rings (SSSR count). The van der Waals surface area contributed by atoms with Crippen molar-refractivity contribution in [2.75, 3.05) is 34.4 Å². The maximum atomic E-state index is 13.3. The lowest BCUT2D eigenvalue weighted by Crippen LogP contribution is -2.38. The SMILES string of the molecule is CN=C(NCc1cccc(OCCOC)c1)N(C)Cc1cccc(F)c1.I. The van der Waals surface area contributed by atoms with Crippen LogP contribution in [0.1, 0.15) is 11.1 Å². The molecule has 148 valence electrons. The van der Waals surface area contributed by atoms with Gasteiger partial charge in [0.05, 0.1) is 6.61 Å². The Morgan fingerprint density at radius 2 is 1.85 bits per heavy atom. The standard InChI is InChI=1S/C20H26FN3O2.HI/c1-22-20(24(2)15-17-7-4-8-18(21)12-17)23-14-16-6-5-9-19(13-16)26-11-10-25-3;/h4-9,12-13H,10-11,14-15H2,1-3H3,(H,22,23);1H. The van der Waals surface area contributed by atoms with Crippen molar-refractivity contribution in [3.05, 3.63) is 65.5 Å². The number of hydrogen-bond donors (Lipinski definition) is 1. The van der Waals surface area contributed by atoms with Gasteiger partial charge in [0.25, 0.3) is 0 Å². The molecule has 1 N–H and O–H groups in total. The van der Waals surface area contributed by atoms with Crippen LogP contribution in [0, 0.1) is 5.82 Å². The van der Waals surface area contributed by atoms with Gasteiger partial charge in [-0.3, -0.25) is 4.99 Å². The number of nitrogens with zero attached hydrogens (tertiary/aromatic N) is 2. The molecule has 0 unspecified atom stereocenters. The second-order valence-corrected chi connectivity index (χ2v) is 5.88. The Labute approximate surface area is 177 Å². The maximum absolute atomic E-state index is 13.3. The molecule has 0 aliphatic rings. The highest BCUT2D eigenvalue weighted by Crippen LogP contribution is 2.13. The molecule has 27 heavy (non-hydrogen) atoms. The van der Waals surface area contributed by atoms with E-state index in [1.54, 1.807) is 20.2 Å². The topological polar surface area (TPSA) is 46.1 Å². The minimum Gasteiger partial charge on any atom is -0.491 e. The van der Waals surface area contributed by atoms with Crippen LogP contribution >= 0.6 is 24.0 Å². The summed E-state index contributed by atoms with van der Waals surface area (Å²) in [5.74, 6) is 1.31. The van der Waals surface area contributed by atoms with E-state index in [4.69, 9.17) is 9.47 Å². The van der Waals surface area contributed by atoms with Crippen LogP contribution < -0.4 is 10.1 Å². The fourth-order valence-corrected chi connectivity index (χ4v) is 2.54. The largest absolute Gasteiger partial charge is 0.491 e. The van der Waals surface area contributed by atoms with Gasteiger partial charge in [-0.2, -0.15) is 0 Å². The summed E-state index contributed by atoms with van der Waals surface area (Å²) in [6.07, 6.45) is 0. The van der Waals surface area contributed by atoms with Crippen LogP contribution in [0.25, 0.3) is 0 Å². The third-order valence-electron chi connectivity index (χ3n) is 3.79. The van der Waals surface area contributed by atoms with Gasteiger partial charge in [-0.25, -0.2) is 4.39 Å². The number of guanidine groups is 1. The second-order valence-electron chi connectivity index (χ2n) is 5.88. The first kappa shape index (κ1) is 23.2. The highest BCUT2D eigenvalue weighted by molar-refractivity contribution is 14.0. The van der Waals surface area contributed by atoms with Crippen molar-refractivity contribution < 1.29 is 13.9 Å². The first-order valence-electron chi connectivity index (χ1n) is 8.49. The molecule has 0 fully saturated rings. The summed E-state index contributed by atoms with van der Waals surface area (Å²) >= 11 is 0. The van der Waals surface area contributed by atoms with Gasteiger partial charge in [-0.05, 0) is 35.4 Å².